The summed E-state index contributed by atoms with van der Waals surface area (Å²) in [4.78, 5) is 12.1. The van der Waals surface area contributed by atoms with Crippen molar-refractivity contribution >= 4 is 5.97 Å². The van der Waals surface area contributed by atoms with Gasteiger partial charge in [-0.25, -0.2) is 4.79 Å². The summed E-state index contributed by atoms with van der Waals surface area (Å²) < 4.78 is 10.8. The molecule has 1 atom stereocenters. The third-order valence-electron chi connectivity index (χ3n) is 3.39. The van der Waals surface area contributed by atoms with Gasteiger partial charge in [0.25, 0.3) is 0 Å². The van der Waals surface area contributed by atoms with E-state index < -0.39 is 12.1 Å². The smallest absolute Gasteiger partial charge is 0.352 e. The van der Waals surface area contributed by atoms with Gasteiger partial charge in [0.1, 0.15) is 11.5 Å². The minimum absolute atomic E-state index is 0.429. The lowest BCUT2D eigenvalue weighted by molar-refractivity contribution is -0.141. The molecule has 118 valence electrons. The van der Waals surface area contributed by atoms with Crippen molar-refractivity contribution in [2.45, 2.75) is 32.8 Å². The van der Waals surface area contributed by atoms with E-state index >= 15 is 0 Å². The summed E-state index contributed by atoms with van der Waals surface area (Å²) in [5.41, 5.74) is 1.73. The molecule has 1 unspecified atom stereocenters. The molecule has 0 aliphatic heterocycles. The highest BCUT2D eigenvalue weighted by molar-refractivity contribution is 5.77. The Kier molecular flexibility index (Phi) is 5.37. The van der Waals surface area contributed by atoms with Gasteiger partial charge in [-0.3, -0.25) is 0 Å². The largest absolute Gasteiger partial charge is 0.479 e. The zero-order valence-corrected chi connectivity index (χ0v) is 13.4. The van der Waals surface area contributed by atoms with E-state index in [9.17, 15) is 4.79 Å². The lowest BCUT2D eigenvalue weighted by Gasteiger charge is -2.14. The molecule has 0 amide bonds. The Labute approximate surface area is 136 Å². The highest BCUT2D eigenvalue weighted by Crippen LogP contribution is 2.19. The van der Waals surface area contributed by atoms with Gasteiger partial charge in [0, 0.05) is 0 Å². The van der Waals surface area contributed by atoms with Crippen molar-refractivity contribution in [3.8, 4) is 17.6 Å². The SMILES string of the molecule is CC(Oc1ccc(C#N)cc1)C(=O)Oc1ccc(C(C)C)cc1. The molecule has 0 aromatic heterocycles. The maximum Gasteiger partial charge on any atom is 0.352 e. The van der Waals surface area contributed by atoms with Crippen LogP contribution in [0.15, 0.2) is 48.5 Å². The summed E-state index contributed by atoms with van der Waals surface area (Å²) in [6, 6.07) is 16.1. The average Bonchev–Trinajstić information content (AvgIpc) is 2.56. The van der Waals surface area contributed by atoms with Crippen LogP contribution in [0.25, 0.3) is 0 Å². The van der Waals surface area contributed by atoms with Crippen molar-refractivity contribution in [2.24, 2.45) is 0 Å². The molecule has 0 saturated carbocycles. The monoisotopic (exact) mass is 309 g/mol. The Morgan fingerprint density at radius 2 is 1.52 bits per heavy atom. The number of esters is 1. The third-order valence-corrected chi connectivity index (χ3v) is 3.39. The standard InChI is InChI=1S/C19H19NO3/c1-13(2)16-6-10-18(11-7-16)23-19(21)14(3)22-17-8-4-15(12-20)5-9-17/h4-11,13-14H,1-3H3. The number of carbonyl (C=O) groups excluding carboxylic acids is 1. The van der Waals surface area contributed by atoms with E-state index in [1.165, 1.54) is 5.56 Å². The molecule has 0 bridgehead atoms. The predicted octanol–water partition coefficient (Wildman–Crippen LogP) is 4.05. The number of nitriles is 1. The van der Waals surface area contributed by atoms with Crippen LogP contribution in [0.1, 0.15) is 37.8 Å². The highest BCUT2D eigenvalue weighted by Gasteiger charge is 2.17. The van der Waals surface area contributed by atoms with Gasteiger partial charge in [-0.2, -0.15) is 5.26 Å². The molecule has 0 aliphatic carbocycles. The van der Waals surface area contributed by atoms with Crippen LogP contribution in [0, 0.1) is 11.3 Å². The van der Waals surface area contributed by atoms with E-state index in [0.29, 0.717) is 23.0 Å². The number of carbonyl (C=O) groups is 1. The van der Waals surface area contributed by atoms with E-state index in [4.69, 9.17) is 14.7 Å². The molecule has 4 nitrogen and oxygen atoms in total. The van der Waals surface area contributed by atoms with Crippen LogP contribution in [0.3, 0.4) is 0 Å². The molecule has 0 saturated heterocycles. The first-order valence-electron chi connectivity index (χ1n) is 7.48. The minimum Gasteiger partial charge on any atom is -0.479 e. The first kappa shape index (κ1) is 16.6. The molecule has 0 radical (unpaired) electrons. The average molecular weight is 309 g/mol. The number of nitrogens with zero attached hydrogens (tertiary/aromatic N) is 1. The first-order valence-corrected chi connectivity index (χ1v) is 7.48. The molecule has 0 spiro atoms. The fraction of sp³-hybridized carbons (Fsp3) is 0.263. The van der Waals surface area contributed by atoms with Gasteiger partial charge in [0.05, 0.1) is 11.6 Å². The Balaban J connectivity index is 1.95. The maximum absolute atomic E-state index is 12.1. The van der Waals surface area contributed by atoms with E-state index in [-0.39, 0.29) is 0 Å². The molecule has 2 rings (SSSR count). The molecule has 23 heavy (non-hydrogen) atoms. The number of benzene rings is 2. The van der Waals surface area contributed by atoms with Gasteiger partial charge in [-0.1, -0.05) is 26.0 Å². The lowest BCUT2D eigenvalue weighted by Crippen LogP contribution is -2.28. The minimum atomic E-state index is -0.743. The second kappa shape index (κ2) is 7.46. The Morgan fingerprint density at radius 3 is 2.04 bits per heavy atom. The van der Waals surface area contributed by atoms with Gasteiger partial charge >= 0.3 is 5.97 Å². The van der Waals surface area contributed by atoms with E-state index in [1.54, 1.807) is 43.3 Å². The Hall–Kier alpha value is -2.80. The van der Waals surface area contributed by atoms with Gasteiger partial charge in [0.15, 0.2) is 6.10 Å². The van der Waals surface area contributed by atoms with Crippen LogP contribution < -0.4 is 9.47 Å². The Morgan fingerprint density at radius 1 is 0.957 bits per heavy atom. The summed E-state index contributed by atoms with van der Waals surface area (Å²) >= 11 is 0. The second-order valence-corrected chi connectivity index (χ2v) is 5.54. The molecular formula is C19H19NO3. The van der Waals surface area contributed by atoms with Crippen molar-refractivity contribution < 1.29 is 14.3 Å². The molecule has 2 aromatic carbocycles. The van der Waals surface area contributed by atoms with Gasteiger partial charge in [0.2, 0.25) is 0 Å². The Bertz CT molecular complexity index is 697. The van der Waals surface area contributed by atoms with Crippen molar-refractivity contribution in [2.75, 3.05) is 0 Å². The second-order valence-electron chi connectivity index (χ2n) is 5.54. The number of rotatable bonds is 5. The maximum atomic E-state index is 12.1. The quantitative estimate of drug-likeness (QED) is 0.617. The molecule has 0 N–H and O–H groups in total. The highest BCUT2D eigenvalue weighted by atomic mass is 16.6. The van der Waals surface area contributed by atoms with E-state index in [2.05, 4.69) is 13.8 Å². The van der Waals surface area contributed by atoms with Crippen LogP contribution in [0.4, 0.5) is 0 Å². The topological polar surface area (TPSA) is 59.3 Å². The van der Waals surface area contributed by atoms with Crippen LogP contribution >= 0.6 is 0 Å². The van der Waals surface area contributed by atoms with Crippen molar-refractivity contribution in [3.05, 3.63) is 59.7 Å². The summed E-state index contributed by atoms with van der Waals surface area (Å²) in [5.74, 6) is 0.975. The number of hydrogen-bond acceptors (Lipinski definition) is 4. The molecule has 0 fully saturated rings. The molecule has 0 heterocycles. The van der Waals surface area contributed by atoms with Gasteiger partial charge in [-0.05, 0) is 54.8 Å². The normalized spacial score (nSPS) is 11.6. The molecule has 0 aliphatic rings. The van der Waals surface area contributed by atoms with E-state index in [1.807, 2.05) is 18.2 Å². The number of ether oxygens (including phenoxy) is 2. The van der Waals surface area contributed by atoms with Crippen LogP contribution in [0.5, 0.6) is 11.5 Å². The third kappa shape index (κ3) is 4.58. The van der Waals surface area contributed by atoms with Crippen molar-refractivity contribution in [1.29, 1.82) is 5.26 Å². The summed E-state index contributed by atoms with van der Waals surface area (Å²) in [5, 5.41) is 8.75. The van der Waals surface area contributed by atoms with Crippen LogP contribution in [-0.4, -0.2) is 12.1 Å². The molecule has 2 aromatic rings. The van der Waals surface area contributed by atoms with E-state index in [0.717, 1.165) is 0 Å². The summed E-state index contributed by atoms with van der Waals surface area (Å²) in [6.07, 6.45) is -0.743. The fourth-order valence-corrected chi connectivity index (χ4v) is 1.98. The fourth-order valence-electron chi connectivity index (χ4n) is 1.98. The van der Waals surface area contributed by atoms with Crippen molar-refractivity contribution in [1.82, 2.24) is 0 Å². The van der Waals surface area contributed by atoms with Crippen molar-refractivity contribution in [3.63, 3.8) is 0 Å². The lowest BCUT2D eigenvalue weighted by atomic mass is 10.0. The van der Waals surface area contributed by atoms with Crippen LogP contribution in [0.2, 0.25) is 0 Å². The van der Waals surface area contributed by atoms with Gasteiger partial charge in [-0.15, -0.1) is 0 Å². The number of hydrogen-bond donors (Lipinski definition) is 0. The summed E-state index contributed by atoms with van der Waals surface area (Å²) in [6.45, 7) is 5.84. The molecule has 4 heteroatoms. The van der Waals surface area contributed by atoms with Gasteiger partial charge < -0.3 is 9.47 Å². The summed E-state index contributed by atoms with van der Waals surface area (Å²) in [7, 11) is 0. The first-order chi connectivity index (χ1) is 11.0. The van der Waals surface area contributed by atoms with Crippen LogP contribution in [-0.2, 0) is 4.79 Å². The zero-order valence-electron chi connectivity index (χ0n) is 13.4. The predicted molar refractivity (Wildman–Crippen MR) is 87.4 cm³/mol. The molecular weight excluding hydrogens is 290 g/mol. The zero-order chi connectivity index (χ0) is 16.8.